The molecule has 55 heavy (non-hydrogen) atoms. The van der Waals surface area contributed by atoms with E-state index in [0.717, 1.165) is 50.1 Å². The van der Waals surface area contributed by atoms with E-state index in [1.807, 2.05) is 0 Å². The molecule has 1 aliphatic carbocycles. The van der Waals surface area contributed by atoms with Gasteiger partial charge in [-0.15, -0.1) is 0 Å². The highest BCUT2D eigenvalue weighted by atomic mass is 16.5. The molecule has 258 valence electrons. The first-order chi connectivity index (χ1) is 27.2. The third-order valence-electron chi connectivity index (χ3n) is 11.1. The van der Waals surface area contributed by atoms with Gasteiger partial charge in [0.05, 0.1) is 5.92 Å². The van der Waals surface area contributed by atoms with Crippen LogP contribution in [0.5, 0.6) is 5.75 Å². The highest BCUT2D eigenvalue weighted by Gasteiger charge is 2.40. The van der Waals surface area contributed by atoms with Gasteiger partial charge in [-0.2, -0.15) is 0 Å². The number of nitrogens with zero attached hydrogens (tertiary/aromatic N) is 3. The fraction of sp³-hybridized carbons (Fsp3) is 0.0392. The van der Waals surface area contributed by atoms with Gasteiger partial charge in [0.15, 0.2) is 17.5 Å². The van der Waals surface area contributed by atoms with Crippen molar-refractivity contribution in [1.29, 1.82) is 0 Å². The predicted molar refractivity (Wildman–Crippen MR) is 225 cm³/mol. The maximum Gasteiger partial charge on any atom is 0.164 e. The number of benzene rings is 8. The fourth-order valence-corrected chi connectivity index (χ4v) is 8.35. The molecule has 0 spiro atoms. The van der Waals surface area contributed by atoms with E-state index >= 15 is 0 Å². The van der Waals surface area contributed by atoms with E-state index in [1.165, 1.54) is 32.5 Å². The normalized spacial score (nSPS) is 15.8. The van der Waals surface area contributed by atoms with Gasteiger partial charge >= 0.3 is 0 Å². The summed E-state index contributed by atoms with van der Waals surface area (Å²) in [7, 11) is 0. The van der Waals surface area contributed by atoms with Gasteiger partial charge in [0.2, 0.25) is 0 Å². The number of para-hydroxylation sites is 1. The van der Waals surface area contributed by atoms with Gasteiger partial charge in [-0.1, -0.05) is 170 Å². The third-order valence-corrected chi connectivity index (χ3v) is 11.1. The second-order valence-corrected chi connectivity index (χ2v) is 14.3. The highest BCUT2D eigenvalue weighted by Crippen LogP contribution is 2.51. The molecule has 0 fully saturated rings. The molecule has 0 saturated carbocycles. The van der Waals surface area contributed by atoms with E-state index in [4.69, 9.17) is 19.7 Å². The Kier molecular flexibility index (Phi) is 7.27. The minimum atomic E-state index is -0.180. The number of allylic oxidation sites excluding steroid dienone is 2. The van der Waals surface area contributed by atoms with Crippen LogP contribution in [-0.2, 0) is 0 Å². The molecule has 2 atom stereocenters. The van der Waals surface area contributed by atoms with Crippen LogP contribution in [0, 0.1) is 0 Å². The Labute approximate surface area is 318 Å². The van der Waals surface area contributed by atoms with Gasteiger partial charge in [0.25, 0.3) is 0 Å². The summed E-state index contributed by atoms with van der Waals surface area (Å²) in [6, 6.07) is 60.0. The number of hydrogen-bond acceptors (Lipinski definition) is 4. The number of fused-ring (bicyclic) bond motifs is 6. The van der Waals surface area contributed by atoms with Crippen LogP contribution in [-0.4, -0.2) is 21.1 Å². The summed E-state index contributed by atoms with van der Waals surface area (Å²) in [5.41, 5.74) is 8.60. The quantitative estimate of drug-likeness (QED) is 0.179. The van der Waals surface area contributed by atoms with Gasteiger partial charge < -0.3 is 4.74 Å². The first kappa shape index (κ1) is 31.4. The molecule has 0 radical (unpaired) electrons. The highest BCUT2D eigenvalue weighted by molar-refractivity contribution is 5.97. The lowest BCUT2D eigenvalue weighted by Crippen LogP contribution is -2.20. The van der Waals surface area contributed by atoms with E-state index < -0.39 is 0 Å². The molecule has 0 saturated heterocycles. The third kappa shape index (κ3) is 5.42. The zero-order chi connectivity index (χ0) is 36.3. The van der Waals surface area contributed by atoms with Crippen molar-refractivity contribution in [3.05, 3.63) is 199 Å². The molecule has 4 nitrogen and oxygen atoms in total. The predicted octanol–water partition coefficient (Wildman–Crippen LogP) is 12.5. The minimum absolute atomic E-state index is 0.0751. The van der Waals surface area contributed by atoms with Crippen LogP contribution in [0.15, 0.2) is 188 Å². The molecule has 11 rings (SSSR count). The van der Waals surface area contributed by atoms with Gasteiger partial charge in [0.1, 0.15) is 11.9 Å². The van der Waals surface area contributed by atoms with E-state index in [1.54, 1.807) is 0 Å². The molecule has 8 aromatic carbocycles. The van der Waals surface area contributed by atoms with Gasteiger partial charge in [0, 0.05) is 27.8 Å². The van der Waals surface area contributed by atoms with Crippen LogP contribution in [0.3, 0.4) is 0 Å². The summed E-state index contributed by atoms with van der Waals surface area (Å²) in [4.78, 5) is 15.6. The standard InChI is InChI=1S/C51H33N3O/c1-3-13-37-30-39(28-22-32(37)10-1)43-18-8-19-44-47-45(20-9-21-46(47)55-48(43)44)51-53-49(52-50(54-51)40-29-23-33-11-2-4-14-38(33)31-40)36-26-24-35(25-27-36)42-17-7-15-34-12-5-6-16-41(34)42/h1-31,46-47H. The summed E-state index contributed by atoms with van der Waals surface area (Å²) in [5, 5.41) is 7.20. The second-order valence-electron chi connectivity index (χ2n) is 14.3. The monoisotopic (exact) mass is 703 g/mol. The molecular formula is C51H33N3O. The molecule has 1 aliphatic heterocycles. The fourth-order valence-electron chi connectivity index (χ4n) is 8.35. The summed E-state index contributed by atoms with van der Waals surface area (Å²) in [5.74, 6) is 2.76. The lowest BCUT2D eigenvalue weighted by Gasteiger charge is -2.22. The number of hydrogen-bond donors (Lipinski definition) is 0. The molecule has 0 bridgehead atoms. The van der Waals surface area contributed by atoms with E-state index in [-0.39, 0.29) is 12.0 Å². The van der Waals surface area contributed by atoms with Crippen molar-refractivity contribution in [2.75, 3.05) is 0 Å². The van der Waals surface area contributed by atoms with Crippen LogP contribution in [0.2, 0.25) is 0 Å². The molecule has 2 unspecified atom stereocenters. The van der Waals surface area contributed by atoms with Crippen molar-refractivity contribution in [2.24, 2.45) is 0 Å². The lowest BCUT2D eigenvalue weighted by atomic mass is 9.83. The van der Waals surface area contributed by atoms with Crippen LogP contribution in [0.4, 0.5) is 0 Å². The van der Waals surface area contributed by atoms with Crippen LogP contribution in [0.25, 0.3) is 82.9 Å². The number of aromatic nitrogens is 3. The number of rotatable bonds is 5. The summed E-state index contributed by atoms with van der Waals surface area (Å²) < 4.78 is 6.83. The zero-order valence-corrected chi connectivity index (χ0v) is 29.8. The van der Waals surface area contributed by atoms with Gasteiger partial charge in [-0.05, 0) is 67.2 Å². The summed E-state index contributed by atoms with van der Waals surface area (Å²) >= 11 is 0. The first-order valence-corrected chi connectivity index (χ1v) is 18.7. The van der Waals surface area contributed by atoms with Crippen molar-refractivity contribution in [3.8, 4) is 50.8 Å². The maximum atomic E-state index is 6.83. The molecule has 2 aliphatic rings. The molecule has 0 N–H and O–H groups in total. The van der Waals surface area contributed by atoms with Crippen molar-refractivity contribution < 1.29 is 4.74 Å². The molecule has 1 aromatic heterocycles. The lowest BCUT2D eigenvalue weighted by molar-refractivity contribution is 0.272. The minimum Gasteiger partial charge on any atom is -0.484 e. The first-order valence-electron chi connectivity index (χ1n) is 18.7. The molecule has 2 heterocycles. The van der Waals surface area contributed by atoms with Gasteiger partial charge in [-0.3, -0.25) is 0 Å². The average Bonchev–Trinajstić information content (AvgIpc) is 3.65. The van der Waals surface area contributed by atoms with Crippen molar-refractivity contribution in [1.82, 2.24) is 15.0 Å². The molecular weight excluding hydrogens is 671 g/mol. The summed E-state index contributed by atoms with van der Waals surface area (Å²) in [6.07, 6.45) is 6.20. The maximum absolute atomic E-state index is 6.83. The topological polar surface area (TPSA) is 47.9 Å². The molecule has 4 heteroatoms. The van der Waals surface area contributed by atoms with Crippen LogP contribution >= 0.6 is 0 Å². The van der Waals surface area contributed by atoms with Crippen molar-refractivity contribution in [2.45, 2.75) is 12.0 Å². The Hall–Kier alpha value is -7.17. The SMILES string of the molecule is C1=CC2Oc3c(-c4ccc5ccccc5c4)cccc3C2C(c2nc(-c3ccc(-c4cccc5ccccc45)cc3)nc(-c3ccc4ccccc4c3)n2)=C1. The largest absolute Gasteiger partial charge is 0.484 e. The Morgan fingerprint density at radius 1 is 0.418 bits per heavy atom. The Morgan fingerprint density at radius 3 is 1.76 bits per heavy atom. The Morgan fingerprint density at radius 2 is 0.982 bits per heavy atom. The number of ether oxygens (including phenoxy) is 1. The van der Waals surface area contributed by atoms with Crippen LogP contribution in [0.1, 0.15) is 17.3 Å². The van der Waals surface area contributed by atoms with E-state index in [9.17, 15) is 0 Å². The van der Waals surface area contributed by atoms with E-state index in [2.05, 4.69) is 188 Å². The Bertz CT molecular complexity index is 3030. The summed E-state index contributed by atoms with van der Waals surface area (Å²) in [6.45, 7) is 0. The van der Waals surface area contributed by atoms with E-state index in [0.29, 0.717) is 17.5 Å². The second kappa shape index (κ2) is 12.8. The Balaban J connectivity index is 1.03. The molecule has 0 amide bonds. The average molecular weight is 704 g/mol. The zero-order valence-electron chi connectivity index (χ0n) is 29.8. The van der Waals surface area contributed by atoms with Crippen molar-refractivity contribution in [3.63, 3.8) is 0 Å². The van der Waals surface area contributed by atoms with Gasteiger partial charge in [-0.25, -0.2) is 15.0 Å². The van der Waals surface area contributed by atoms with Crippen molar-refractivity contribution >= 4 is 37.9 Å². The smallest absolute Gasteiger partial charge is 0.164 e. The molecule has 9 aromatic rings. The van der Waals surface area contributed by atoms with Crippen LogP contribution < -0.4 is 4.74 Å².